The SMILES string of the molecule is CC(C)[C@H](OC(=O)c1ccc(N2CCCCC2)c([N+](=O)[O-])c1)C(=O)NC(N)=O. The highest BCUT2D eigenvalue weighted by Gasteiger charge is 2.29. The quantitative estimate of drug-likeness (QED) is 0.427. The summed E-state index contributed by atoms with van der Waals surface area (Å²) in [6.45, 7) is 4.68. The summed E-state index contributed by atoms with van der Waals surface area (Å²) in [5.74, 6) is -2.19. The molecule has 152 valence electrons. The molecule has 1 heterocycles. The molecule has 10 heteroatoms. The molecule has 0 aromatic heterocycles. The molecule has 2 rings (SSSR count). The van der Waals surface area contributed by atoms with Gasteiger partial charge in [-0.3, -0.25) is 20.2 Å². The fourth-order valence-electron chi connectivity index (χ4n) is 3.07. The number of amides is 3. The Morgan fingerprint density at radius 2 is 1.86 bits per heavy atom. The number of esters is 1. The number of nitrogens with two attached hydrogens (primary N) is 1. The number of primary amides is 1. The lowest BCUT2D eigenvalue weighted by Gasteiger charge is -2.28. The monoisotopic (exact) mass is 392 g/mol. The van der Waals surface area contributed by atoms with Crippen LogP contribution in [0.2, 0.25) is 0 Å². The molecule has 3 N–H and O–H groups in total. The van der Waals surface area contributed by atoms with Crippen molar-refractivity contribution in [1.29, 1.82) is 0 Å². The van der Waals surface area contributed by atoms with E-state index < -0.39 is 34.9 Å². The fraction of sp³-hybridized carbons (Fsp3) is 0.500. The van der Waals surface area contributed by atoms with E-state index in [2.05, 4.69) is 0 Å². The molecule has 1 atom stereocenters. The van der Waals surface area contributed by atoms with Crippen LogP contribution in [-0.2, 0) is 9.53 Å². The number of urea groups is 1. The van der Waals surface area contributed by atoms with E-state index in [1.54, 1.807) is 13.8 Å². The third-order valence-corrected chi connectivity index (χ3v) is 4.45. The van der Waals surface area contributed by atoms with Crippen molar-refractivity contribution in [3.05, 3.63) is 33.9 Å². The summed E-state index contributed by atoms with van der Waals surface area (Å²) in [6.07, 6.45) is 1.72. The van der Waals surface area contributed by atoms with Crippen LogP contribution in [0, 0.1) is 16.0 Å². The van der Waals surface area contributed by atoms with Crippen molar-refractivity contribution in [1.82, 2.24) is 5.32 Å². The van der Waals surface area contributed by atoms with Crippen LogP contribution in [0.4, 0.5) is 16.2 Å². The number of anilines is 1. The maximum absolute atomic E-state index is 12.5. The Morgan fingerprint density at radius 1 is 1.21 bits per heavy atom. The van der Waals surface area contributed by atoms with Gasteiger partial charge in [-0.15, -0.1) is 0 Å². The summed E-state index contributed by atoms with van der Waals surface area (Å²) in [7, 11) is 0. The Morgan fingerprint density at radius 3 is 2.39 bits per heavy atom. The van der Waals surface area contributed by atoms with E-state index in [-0.39, 0.29) is 11.3 Å². The van der Waals surface area contributed by atoms with Gasteiger partial charge < -0.3 is 15.4 Å². The molecular weight excluding hydrogens is 368 g/mol. The second kappa shape index (κ2) is 9.16. The predicted octanol–water partition coefficient (Wildman–Crippen LogP) is 1.96. The first-order chi connectivity index (χ1) is 13.2. The van der Waals surface area contributed by atoms with Gasteiger partial charge in [-0.1, -0.05) is 13.8 Å². The van der Waals surface area contributed by atoms with Crippen molar-refractivity contribution < 1.29 is 24.0 Å². The minimum absolute atomic E-state index is 0.0509. The summed E-state index contributed by atoms with van der Waals surface area (Å²) in [5, 5.41) is 13.4. The first-order valence-corrected chi connectivity index (χ1v) is 9.05. The van der Waals surface area contributed by atoms with E-state index in [1.807, 2.05) is 10.2 Å². The number of hydrogen-bond donors (Lipinski definition) is 2. The molecule has 0 aliphatic carbocycles. The van der Waals surface area contributed by atoms with Gasteiger partial charge in [0, 0.05) is 19.2 Å². The molecule has 28 heavy (non-hydrogen) atoms. The Bertz CT molecular complexity index is 773. The van der Waals surface area contributed by atoms with E-state index in [1.165, 1.54) is 12.1 Å². The average Bonchev–Trinajstić information content (AvgIpc) is 2.65. The third-order valence-electron chi connectivity index (χ3n) is 4.45. The lowest BCUT2D eigenvalue weighted by molar-refractivity contribution is -0.384. The number of imide groups is 1. The fourth-order valence-corrected chi connectivity index (χ4v) is 3.07. The Labute approximate surface area is 162 Å². The number of carbonyl (C=O) groups is 3. The molecule has 0 saturated carbocycles. The molecule has 1 aliphatic rings. The average molecular weight is 392 g/mol. The normalized spacial score (nSPS) is 15.0. The molecule has 1 aliphatic heterocycles. The van der Waals surface area contributed by atoms with Crippen LogP contribution < -0.4 is 16.0 Å². The van der Waals surface area contributed by atoms with Crippen molar-refractivity contribution in [3.8, 4) is 0 Å². The highest BCUT2D eigenvalue weighted by Crippen LogP contribution is 2.31. The molecule has 3 amide bonds. The molecule has 0 bridgehead atoms. The maximum Gasteiger partial charge on any atom is 0.339 e. The minimum atomic E-state index is -1.26. The number of benzene rings is 1. The Hall–Kier alpha value is -3.17. The summed E-state index contributed by atoms with van der Waals surface area (Å²) >= 11 is 0. The van der Waals surface area contributed by atoms with Crippen LogP contribution in [0.1, 0.15) is 43.5 Å². The molecule has 1 saturated heterocycles. The van der Waals surface area contributed by atoms with Gasteiger partial charge in [0.1, 0.15) is 5.69 Å². The minimum Gasteiger partial charge on any atom is -0.448 e. The van der Waals surface area contributed by atoms with Gasteiger partial charge in [-0.05, 0) is 37.3 Å². The van der Waals surface area contributed by atoms with Crippen molar-refractivity contribution in [3.63, 3.8) is 0 Å². The number of rotatable bonds is 6. The number of nitro benzene ring substituents is 1. The first-order valence-electron chi connectivity index (χ1n) is 9.05. The van der Waals surface area contributed by atoms with Gasteiger partial charge in [0.25, 0.3) is 11.6 Å². The number of carbonyl (C=O) groups excluding carboxylic acids is 3. The third kappa shape index (κ3) is 5.18. The van der Waals surface area contributed by atoms with Crippen molar-refractivity contribution in [2.45, 2.75) is 39.2 Å². The molecule has 1 fully saturated rings. The largest absolute Gasteiger partial charge is 0.448 e. The Kier molecular flexibility index (Phi) is 6.91. The summed E-state index contributed by atoms with van der Waals surface area (Å²) < 4.78 is 5.19. The highest BCUT2D eigenvalue weighted by atomic mass is 16.6. The molecule has 0 radical (unpaired) electrons. The summed E-state index contributed by atoms with van der Waals surface area (Å²) in [6, 6.07) is 3.04. The van der Waals surface area contributed by atoms with Crippen molar-refractivity contribution in [2.75, 3.05) is 18.0 Å². The van der Waals surface area contributed by atoms with Crippen LogP contribution in [-0.4, -0.2) is 42.0 Å². The summed E-state index contributed by atoms with van der Waals surface area (Å²) in [4.78, 5) is 48.2. The van der Waals surface area contributed by atoms with Gasteiger partial charge in [0.05, 0.1) is 10.5 Å². The van der Waals surface area contributed by atoms with Gasteiger partial charge in [-0.2, -0.15) is 0 Å². The topological polar surface area (TPSA) is 145 Å². The second-order valence-electron chi connectivity index (χ2n) is 6.93. The lowest BCUT2D eigenvalue weighted by Crippen LogP contribution is -2.45. The van der Waals surface area contributed by atoms with Crippen LogP contribution in [0.5, 0.6) is 0 Å². The van der Waals surface area contributed by atoms with Crippen molar-refractivity contribution >= 4 is 29.3 Å². The van der Waals surface area contributed by atoms with Crippen LogP contribution in [0.15, 0.2) is 18.2 Å². The standard InChI is InChI=1S/C18H24N4O6/c1-11(2)15(16(23)20-18(19)25)28-17(24)12-6-7-13(14(10-12)22(26)27)21-8-4-3-5-9-21/h6-7,10-11,15H,3-5,8-9H2,1-2H3,(H3,19,20,23,25)/t15-/m0/s1. The van der Waals surface area contributed by atoms with E-state index in [0.29, 0.717) is 18.8 Å². The zero-order valence-corrected chi connectivity index (χ0v) is 15.8. The van der Waals surface area contributed by atoms with Gasteiger partial charge >= 0.3 is 12.0 Å². The number of piperidine rings is 1. The van der Waals surface area contributed by atoms with E-state index in [9.17, 15) is 24.5 Å². The molecule has 0 spiro atoms. The van der Waals surface area contributed by atoms with Crippen LogP contribution in [0.25, 0.3) is 0 Å². The Balaban J connectivity index is 2.24. The number of nitro groups is 1. The van der Waals surface area contributed by atoms with E-state index in [4.69, 9.17) is 10.5 Å². The number of nitrogens with zero attached hydrogens (tertiary/aromatic N) is 2. The zero-order chi connectivity index (χ0) is 20.8. The highest BCUT2D eigenvalue weighted by molar-refractivity contribution is 5.98. The molecule has 10 nitrogen and oxygen atoms in total. The second-order valence-corrected chi connectivity index (χ2v) is 6.93. The molecule has 1 aromatic carbocycles. The predicted molar refractivity (Wildman–Crippen MR) is 101 cm³/mol. The van der Waals surface area contributed by atoms with E-state index >= 15 is 0 Å². The molecule has 1 aromatic rings. The van der Waals surface area contributed by atoms with Gasteiger partial charge in [-0.25, -0.2) is 9.59 Å². The summed E-state index contributed by atoms with van der Waals surface area (Å²) in [5.41, 5.74) is 5.13. The van der Waals surface area contributed by atoms with Crippen molar-refractivity contribution in [2.24, 2.45) is 11.7 Å². The lowest BCUT2D eigenvalue weighted by atomic mass is 10.1. The zero-order valence-electron chi connectivity index (χ0n) is 15.8. The maximum atomic E-state index is 12.5. The molecule has 0 unspecified atom stereocenters. The number of ether oxygens (including phenoxy) is 1. The first kappa shape index (κ1) is 21.1. The van der Waals surface area contributed by atoms with Gasteiger partial charge in [0.2, 0.25) is 0 Å². The van der Waals surface area contributed by atoms with Crippen LogP contribution in [0.3, 0.4) is 0 Å². The smallest absolute Gasteiger partial charge is 0.339 e. The number of hydrogen-bond acceptors (Lipinski definition) is 7. The number of nitrogens with one attached hydrogen (secondary N) is 1. The van der Waals surface area contributed by atoms with Gasteiger partial charge in [0.15, 0.2) is 6.10 Å². The molecular formula is C18H24N4O6. The van der Waals surface area contributed by atoms with E-state index in [0.717, 1.165) is 25.3 Å². The van der Waals surface area contributed by atoms with Crippen LogP contribution >= 0.6 is 0 Å².